The quantitative estimate of drug-likeness (QED) is 0.668. The van der Waals surface area contributed by atoms with Crippen molar-refractivity contribution in [1.29, 1.82) is 0 Å². The van der Waals surface area contributed by atoms with Crippen molar-refractivity contribution in [2.45, 2.75) is 6.92 Å². The van der Waals surface area contributed by atoms with Gasteiger partial charge in [-0.3, -0.25) is 0 Å². The van der Waals surface area contributed by atoms with E-state index in [1.54, 1.807) is 0 Å². The number of aromatic carboxylic acids is 1. The highest BCUT2D eigenvalue weighted by Gasteiger charge is 2.22. The van der Waals surface area contributed by atoms with Gasteiger partial charge in [0, 0.05) is 35.4 Å². The van der Waals surface area contributed by atoms with E-state index in [1.165, 1.54) is 6.20 Å². The fourth-order valence-electron chi connectivity index (χ4n) is 2.70. The van der Waals surface area contributed by atoms with E-state index < -0.39 is 5.97 Å². The number of hydrogen-bond donors (Lipinski definition) is 3. The van der Waals surface area contributed by atoms with Gasteiger partial charge in [-0.2, -0.15) is 0 Å². The van der Waals surface area contributed by atoms with Crippen LogP contribution in [0, 0.1) is 6.92 Å². The maximum absolute atomic E-state index is 11.4. The molecule has 3 rings (SSSR count). The van der Waals surface area contributed by atoms with Crippen molar-refractivity contribution in [3.05, 3.63) is 41.7 Å². The molecule has 0 atom stereocenters. The van der Waals surface area contributed by atoms with Gasteiger partial charge in [0.15, 0.2) is 0 Å². The minimum atomic E-state index is -1.02. The molecule has 20 heavy (non-hydrogen) atoms. The summed E-state index contributed by atoms with van der Waals surface area (Å²) in [6.45, 7) is 1.97. The van der Waals surface area contributed by atoms with Gasteiger partial charge in [0.25, 0.3) is 0 Å². The predicted octanol–water partition coefficient (Wildman–Crippen LogP) is 2.76. The highest BCUT2D eigenvalue weighted by molar-refractivity contribution is 6.06. The number of nitrogens with two attached hydrogens (primary N) is 1. The van der Waals surface area contributed by atoms with Crippen LogP contribution < -0.4 is 5.73 Å². The lowest BCUT2D eigenvalue weighted by atomic mass is 10.0. The van der Waals surface area contributed by atoms with Crippen LogP contribution in [0.15, 0.2) is 30.5 Å². The highest BCUT2D eigenvalue weighted by Crippen LogP contribution is 2.36. The minimum absolute atomic E-state index is 0.129. The molecule has 0 saturated carbocycles. The Morgan fingerprint density at radius 1 is 1.35 bits per heavy atom. The zero-order chi connectivity index (χ0) is 14.4. The van der Waals surface area contributed by atoms with Crippen LogP contribution >= 0.6 is 0 Å². The number of carbonyl (C=O) groups is 1. The molecule has 102 valence electrons. The third-order valence-electron chi connectivity index (χ3n) is 3.77. The number of fused-ring (bicyclic) bond motifs is 1. The van der Waals surface area contributed by atoms with Crippen molar-refractivity contribution in [3.8, 4) is 11.3 Å². The molecule has 0 spiro atoms. The lowest BCUT2D eigenvalue weighted by Crippen LogP contribution is -2.01. The molecule has 4 N–H and O–H groups in total. The first kappa shape index (κ1) is 12.3. The fraction of sp³-hybridized carbons (Fsp3) is 0.133. The second-order valence-corrected chi connectivity index (χ2v) is 4.84. The van der Waals surface area contributed by atoms with Gasteiger partial charge in [-0.25, -0.2) is 4.79 Å². The van der Waals surface area contributed by atoms with Crippen LogP contribution in [0.1, 0.15) is 16.1 Å². The molecule has 0 aliphatic carbocycles. The maximum atomic E-state index is 11.4. The summed E-state index contributed by atoms with van der Waals surface area (Å²) < 4.78 is 2.05. The fourth-order valence-corrected chi connectivity index (χ4v) is 2.70. The van der Waals surface area contributed by atoms with Crippen molar-refractivity contribution in [2.75, 3.05) is 5.73 Å². The summed E-state index contributed by atoms with van der Waals surface area (Å²) in [6, 6.07) is 7.91. The van der Waals surface area contributed by atoms with E-state index in [4.69, 9.17) is 5.73 Å². The topological polar surface area (TPSA) is 84.0 Å². The van der Waals surface area contributed by atoms with Gasteiger partial charge in [-0.1, -0.05) is 18.2 Å². The highest BCUT2D eigenvalue weighted by atomic mass is 16.4. The van der Waals surface area contributed by atoms with E-state index in [1.807, 2.05) is 42.8 Å². The van der Waals surface area contributed by atoms with Gasteiger partial charge >= 0.3 is 5.97 Å². The van der Waals surface area contributed by atoms with Crippen molar-refractivity contribution >= 4 is 22.6 Å². The summed E-state index contributed by atoms with van der Waals surface area (Å²) in [5.41, 5.74) is 9.64. The first-order valence-electron chi connectivity index (χ1n) is 6.27. The Bertz CT molecular complexity index is 827. The van der Waals surface area contributed by atoms with Crippen molar-refractivity contribution in [3.63, 3.8) is 0 Å². The van der Waals surface area contributed by atoms with Crippen LogP contribution in [-0.2, 0) is 7.05 Å². The lowest BCUT2D eigenvalue weighted by molar-refractivity contribution is 0.0699. The predicted molar refractivity (Wildman–Crippen MR) is 78.8 cm³/mol. The monoisotopic (exact) mass is 269 g/mol. The molecule has 3 aromatic rings. The zero-order valence-electron chi connectivity index (χ0n) is 11.3. The Morgan fingerprint density at radius 2 is 2.05 bits per heavy atom. The number of rotatable bonds is 2. The summed E-state index contributed by atoms with van der Waals surface area (Å²) in [7, 11) is 1.97. The summed E-state index contributed by atoms with van der Waals surface area (Å²) >= 11 is 0. The van der Waals surface area contributed by atoms with Gasteiger partial charge in [-0.05, 0) is 13.0 Å². The Labute approximate surface area is 115 Å². The molecule has 0 unspecified atom stereocenters. The van der Waals surface area contributed by atoms with Crippen LogP contribution in [0.2, 0.25) is 0 Å². The Balaban J connectivity index is 2.42. The molecular formula is C15H15N3O2. The van der Waals surface area contributed by atoms with Crippen LogP contribution in [0.5, 0.6) is 0 Å². The number of carboxylic acids is 1. The molecule has 0 aliphatic rings. The maximum Gasteiger partial charge on any atom is 0.340 e. The summed E-state index contributed by atoms with van der Waals surface area (Å²) in [5, 5.41) is 10.4. The number of nitrogens with zero attached hydrogens (tertiary/aromatic N) is 1. The molecule has 1 aromatic carbocycles. The number of nitrogens with one attached hydrogen (secondary N) is 1. The molecule has 0 fully saturated rings. The van der Waals surface area contributed by atoms with E-state index in [-0.39, 0.29) is 11.3 Å². The van der Waals surface area contributed by atoms with Crippen molar-refractivity contribution in [1.82, 2.24) is 9.55 Å². The molecule has 0 bridgehead atoms. The molecule has 0 aliphatic heterocycles. The number of H-pyrrole nitrogens is 1. The van der Waals surface area contributed by atoms with Crippen LogP contribution in [0.3, 0.4) is 0 Å². The van der Waals surface area contributed by atoms with E-state index in [9.17, 15) is 9.90 Å². The van der Waals surface area contributed by atoms with E-state index in [0.29, 0.717) is 5.69 Å². The molecule has 2 aromatic heterocycles. The van der Waals surface area contributed by atoms with Crippen LogP contribution in [0.4, 0.5) is 5.69 Å². The number of anilines is 1. The third kappa shape index (κ3) is 1.53. The van der Waals surface area contributed by atoms with E-state index >= 15 is 0 Å². The number of hydrogen-bond acceptors (Lipinski definition) is 2. The number of nitrogen functional groups attached to an aromatic ring is 1. The lowest BCUT2D eigenvalue weighted by Gasteiger charge is -2.03. The second kappa shape index (κ2) is 4.16. The molecule has 0 radical (unpaired) electrons. The average molecular weight is 269 g/mol. The van der Waals surface area contributed by atoms with Gasteiger partial charge < -0.3 is 20.4 Å². The van der Waals surface area contributed by atoms with E-state index in [2.05, 4.69) is 4.98 Å². The first-order valence-corrected chi connectivity index (χ1v) is 6.27. The number of aromatic nitrogens is 2. The summed E-state index contributed by atoms with van der Waals surface area (Å²) in [4.78, 5) is 14.4. The number of carboxylic acid groups (broad SMARTS) is 1. The minimum Gasteiger partial charge on any atom is -0.478 e. The smallest absolute Gasteiger partial charge is 0.340 e. The van der Waals surface area contributed by atoms with Gasteiger partial charge in [0.05, 0.1) is 11.4 Å². The van der Waals surface area contributed by atoms with Gasteiger partial charge in [0.1, 0.15) is 5.56 Å². The molecule has 2 heterocycles. The van der Waals surface area contributed by atoms with Crippen LogP contribution in [0.25, 0.3) is 22.2 Å². The average Bonchev–Trinajstić information content (AvgIpc) is 2.90. The van der Waals surface area contributed by atoms with Crippen molar-refractivity contribution in [2.24, 2.45) is 7.05 Å². The molecule has 0 amide bonds. The van der Waals surface area contributed by atoms with Crippen molar-refractivity contribution < 1.29 is 9.90 Å². The Morgan fingerprint density at radius 3 is 2.75 bits per heavy atom. The van der Waals surface area contributed by atoms with Crippen LogP contribution in [-0.4, -0.2) is 20.6 Å². The number of benzene rings is 1. The standard InChI is InChI=1S/C15H15N3O2/c1-8-12(9-5-3-4-6-11(9)18(8)2)14-13(15(19)20)10(16)7-17-14/h3-7,17H,16H2,1-2H3,(H,19,20). The SMILES string of the molecule is Cc1c(-c2[nH]cc(N)c2C(=O)O)c2ccccc2n1C. The van der Waals surface area contributed by atoms with Gasteiger partial charge in [-0.15, -0.1) is 0 Å². The Kier molecular flexibility index (Phi) is 2.57. The normalized spacial score (nSPS) is 11.1. The molecule has 5 heteroatoms. The molecule has 0 saturated heterocycles. The number of aromatic amines is 1. The van der Waals surface area contributed by atoms with E-state index in [0.717, 1.165) is 22.2 Å². The largest absolute Gasteiger partial charge is 0.478 e. The molecule has 5 nitrogen and oxygen atoms in total. The summed E-state index contributed by atoms with van der Waals surface area (Å²) in [6.07, 6.45) is 1.53. The summed E-state index contributed by atoms with van der Waals surface area (Å²) in [5.74, 6) is -1.02. The number of aryl methyl sites for hydroxylation is 1. The zero-order valence-corrected chi connectivity index (χ0v) is 11.3. The van der Waals surface area contributed by atoms with Gasteiger partial charge in [0.2, 0.25) is 0 Å². The molecular weight excluding hydrogens is 254 g/mol. The second-order valence-electron chi connectivity index (χ2n) is 4.84. The number of para-hydroxylation sites is 1. The third-order valence-corrected chi connectivity index (χ3v) is 3.77. The Hall–Kier alpha value is -2.69. The first-order chi connectivity index (χ1) is 9.52.